The van der Waals surface area contributed by atoms with Gasteiger partial charge in [-0.1, -0.05) is 49.1 Å². The van der Waals surface area contributed by atoms with Crippen LogP contribution in [0.2, 0.25) is 5.02 Å². The van der Waals surface area contributed by atoms with E-state index in [1.54, 1.807) is 6.07 Å². The highest BCUT2D eigenvalue weighted by atomic mass is 35.5. The van der Waals surface area contributed by atoms with Gasteiger partial charge in [0.1, 0.15) is 5.82 Å². The molecule has 1 saturated heterocycles. The molecule has 3 aliphatic rings. The van der Waals surface area contributed by atoms with Crippen molar-refractivity contribution in [2.45, 2.75) is 63.2 Å². The molecule has 1 aromatic heterocycles. The number of fused-ring (bicyclic) bond motifs is 7. The van der Waals surface area contributed by atoms with Crippen molar-refractivity contribution >= 4 is 22.5 Å². The molecule has 2 fully saturated rings. The van der Waals surface area contributed by atoms with Crippen LogP contribution in [0.3, 0.4) is 0 Å². The Morgan fingerprint density at radius 3 is 2.66 bits per heavy atom. The van der Waals surface area contributed by atoms with Gasteiger partial charge in [-0.3, -0.25) is 9.36 Å². The van der Waals surface area contributed by atoms with Crippen molar-refractivity contribution in [2.24, 2.45) is 5.92 Å². The average Bonchev–Trinajstić information content (AvgIpc) is 3.13. The Hall–Kier alpha value is -2.21. The molecule has 1 N–H and O–H groups in total. The lowest BCUT2D eigenvalue weighted by Gasteiger charge is -2.34. The topological polar surface area (TPSA) is 58.4 Å². The van der Waals surface area contributed by atoms with Crippen LogP contribution >= 0.6 is 11.6 Å². The highest BCUT2D eigenvalue weighted by molar-refractivity contribution is 6.35. The maximum absolute atomic E-state index is 13.1. The fourth-order valence-corrected chi connectivity index (χ4v) is 7.14. The van der Waals surface area contributed by atoms with Crippen molar-refractivity contribution in [1.29, 1.82) is 0 Å². The van der Waals surface area contributed by atoms with E-state index in [4.69, 9.17) is 21.7 Å². The lowest BCUT2D eigenvalue weighted by molar-refractivity contribution is 0.167. The number of aliphatic hydroxyl groups is 1. The van der Waals surface area contributed by atoms with E-state index in [0.29, 0.717) is 16.3 Å². The Morgan fingerprint density at radius 2 is 1.89 bits per heavy atom. The zero-order valence-corrected chi connectivity index (χ0v) is 21.1. The average molecular weight is 492 g/mol. The number of hydrogen-bond acceptors (Lipinski definition) is 4. The number of piperidine rings is 1. The highest BCUT2D eigenvalue weighted by Crippen LogP contribution is 2.51. The third-order valence-corrected chi connectivity index (χ3v) is 9.00. The zero-order valence-electron chi connectivity index (χ0n) is 20.3. The summed E-state index contributed by atoms with van der Waals surface area (Å²) >= 11 is 6.47. The normalized spacial score (nSPS) is 19.8. The number of aromatic nitrogens is 2. The van der Waals surface area contributed by atoms with Crippen LogP contribution in [-0.2, 0) is 11.8 Å². The first-order valence-electron chi connectivity index (χ1n) is 13.3. The molecule has 3 heterocycles. The molecule has 1 saturated carbocycles. The van der Waals surface area contributed by atoms with Gasteiger partial charge in [0.05, 0.1) is 27.0 Å². The van der Waals surface area contributed by atoms with Crippen LogP contribution in [0.25, 0.3) is 16.6 Å². The third kappa shape index (κ3) is 3.92. The van der Waals surface area contributed by atoms with Gasteiger partial charge in [0.15, 0.2) is 0 Å². The quantitative estimate of drug-likeness (QED) is 0.530. The SMILES string of the molecule is O=c1nc2n(c3cccc(Cl)c13)-c1ccc(CC3CCN(CCCO)CC3)cc1C21CCCCC1. The first-order valence-corrected chi connectivity index (χ1v) is 13.7. The number of hydrogen-bond donors (Lipinski definition) is 1. The Kier molecular flexibility index (Phi) is 6.20. The smallest absolute Gasteiger partial charge is 0.282 e. The van der Waals surface area contributed by atoms with Crippen LogP contribution in [0, 0.1) is 5.92 Å². The molecule has 6 rings (SSSR count). The molecule has 3 aromatic rings. The predicted molar refractivity (Wildman–Crippen MR) is 141 cm³/mol. The summed E-state index contributed by atoms with van der Waals surface area (Å²) in [6.45, 7) is 3.54. The van der Waals surface area contributed by atoms with Crippen LogP contribution in [0.1, 0.15) is 68.3 Å². The molecular weight excluding hydrogens is 458 g/mol. The second-order valence-electron chi connectivity index (χ2n) is 10.8. The monoisotopic (exact) mass is 491 g/mol. The number of aliphatic hydroxyl groups excluding tert-OH is 1. The van der Waals surface area contributed by atoms with Crippen molar-refractivity contribution in [3.05, 3.63) is 68.7 Å². The number of halogens is 1. The Morgan fingerprint density at radius 1 is 1.09 bits per heavy atom. The van der Waals surface area contributed by atoms with Gasteiger partial charge in [-0.2, -0.15) is 4.98 Å². The van der Waals surface area contributed by atoms with Gasteiger partial charge >= 0.3 is 0 Å². The minimum Gasteiger partial charge on any atom is -0.396 e. The first kappa shape index (κ1) is 23.2. The first-order chi connectivity index (χ1) is 17.1. The summed E-state index contributed by atoms with van der Waals surface area (Å²) in [5.41, 5.74) is 4.42. The van der Waals surface area contributed by atoms with E-state index in [1.807, 2.05) is 12.1 Å². The minimum atomic E-state index is -0.206. The van der Waals surface area contributed by atoms with Gasteiger partial charge in [0, 0.05) is 13.2 Å². The lowest BCUT2D eigenvalue weighted by atomic mass is 9.69. The Labute approximate surface area is 211 Å². The maximum Gasteiger partial charge on any atom is 0.282 e. The van der Waals surface area contributed by atoms with E-state index < -0.39 is 0 Å². The lowest BCUT2D eigenvalue weighted by Crippen LogP contribution is -2.35. The summed E-state index contributed by atoms with van der Waals surface area (Å²) in [5.74, 6) is 1.62. The summed E-state index contributed by atoms with van der Waals surface area (Å²) in [5, 5.41) is 10.1. The second kappa shape index (κ2) is 9.34. The molecule has 6 heteroatoms. The van der Waals surface area contributed by atoms with Crippen LogP contribution in [-0.4, -0.2) is 45.8 Å². The molecule has 5 nitrogen and oxygen atoms in total. The molecule has 2 aliphatic heterocycles. The zero-order chi connectivity index (χ0) is 24.0. The molecule has 1 aliphatic carbocycles. The summed E-state index contributed by atoms with van der Waals surface area (Å²) in [7, 11) is 0. The van der Waals surface area contributed by atoms with E-state index in [1.165, 1.54) is 48.9 Å². The highest BCUT2D eigenvalue weighted by Gasteiger charge is 2.46. The van der Waals surface area contributed by atoms with Crippen molar-refractivity contribution < 1.29 is 5.11 Å². The summed E-state index contributed by atoms with van der Waals surface area (Å²) in [4.78, 5) is 20.3. The van der Waals surface area contributed by atoms with Gasteiger partial charge in [-0.25, -0.2) is 0 Å². The number of benzene rings is 2. The Balaban J connectivity index is 1.38. The standard InChI is InChI=1S/C29H34ClN3O2/c30-23-6-4-7-25-26(23)27(35)31-28-29(12-2-1-3-13-29)22-19-21(8-9-24(22)33(25)28)18-20-10-15-32(16-11-20)14-5-17-34/h4,6-9,19-20,34H,1-3,5,10-18H2. The van der Waals surface area contributed by atoms with Gasteiger partial charge in [0.2, 0.25) is 0 Å². The fraction of sp³-hybridized carbons (Fsp3) is 0.517. The molecule has 0 radical (unpaired) electrons. The van der Waals surface area contributed by atoms with E-state index in [-0.39, 0.29) is 17.6 Å². The molecule has 35 heavy (non-hydrogen) atoms. The Bertz CT molecular complexity index is 1300. The molecule has 0 unspecified atom stereocenters. The molecular formula is C29H34ClN3O2. The van der Waals surface area contributed by atoms with Crippen LogP contribution in [0.4, 0.5) is 0 Å². The second-order valence-corrected chi connectivity index (χ2v) is 11.2. The van der Waals surface area contributed by atoms with Gasteiger partial charge in [-0.05, 0) is 86.9 Å². The molecule has 1 spiro atoms. The van der Waals surface area contributed by atoms with Crippen molar-refractivity contribution in [1.82, 2.24) is 14.5 Å². The number of likely N-dealkylation sites (tertiary alicyclic amines) is 1. The van der Waals surface area contributed by atoms with Crippen molar-refractivity contribution in [3.8, 4) is 5.69 Å². The summed E-state index contributed by atoms with van der Waals surface area (Å²) < 4.78 is 2.23. The van der Waals surface area contributed by atoms with Crippen LogP contribution in [0.5, 0.6) is 0 Å². The van der Waals surface area contributed by atoms with Gasteiger partial charge in [0.25, 0.3) is 5.56 Å². The van der Waals surface area contributed by atoms with Crippen LogP contribution in [0.15, 0.2) is 41.2 Å². The van der Waals surface area contributed by atoms with Crippen molar-refractivity contribution in [2.75, 3.05) is 26.2 Å². The predicted octanol–water partition coefficient (Wildman–Crippen LogP) is 5.24. The number of rotatable bonds is 5. The van der Waals surface area contributed by atoms with E-state index in [0.717, 1.165) is 56.7 Å². The van der Waals surface area contributed by atoms with Gasteiger partial charge < -0.3 is 10.0 Å². The minimum absolute atomic E-state index is 0.174. The summed E-state index contributed by atoms with van der Waals surface area (Å²) in [6.07, 6.45) is 10.1. The molecule has 184 valence electrons. The molecule has 0 bridgehead atoms. The third-order valence-electron chi connectivity index (χ3n) is 8.68. The largest absolute Gasteiger partial charge is 0.396 e. The van der Waals surface area contributed by atoms with E-state index in [9.17, 15) is 4.79 Å². The molecule has 0 amide bonds. The van der Waals surface area contributed by atoms with Crippen molar-refractivity contribution in [3.63, 3.8) is 0 Å². The fourth-order valence-electron chi connectivity index (χ4n) is 6.89. The molecule has 2 aromatic carbocycles. The number of nitrogens with zero attached hydrogens (tertiary/aromatic N) is 3. The van der Waals surface area contributed by atoms with Gasteiger partial charge in [-0.15, -0.1) is 0 Å². The maximum atomic E-state index is 13.1. The molecule has 0 atom stereocenters. The van der Waals surface area contributed by atoms with Crippen LogP contribution < -0.4 is 5.56 Å². The summed E-state index contributed by atoms with van der Waals surface area (Å²) in [6, 6.07) is 12.7. The van der Waals surface area contributed by atoms with E-state index in [2.05, 4.69) is 27.7 Å². The van der Waals surface area contributed by atoms with E-state index >= 15 is 0 Å².